The van der Waals surface area contributed by atoms with Crippen LogP contribution in [0.25, 0.3) is 0 Å². The molecule has 3 rings (SSSR count). The summed E-state index contributed by atoms with van der Waals surface area (Å²) in [4.78, 5) is 5.09. The molecule has 102 valence electrons. The van der Waals surface area contributed by atoms with E-state index in [1.54, 1.807) is 0 Å². The van der Waals surface area contributed by atoms with Gasteiger partial charge in [-0.1, -0.05) is 31.5 Å². The van der Waals surface area contributed by atoms with Gasteiger partial charge in [-0.25, -0.2) is 0 Å². The molecule has 3 aliphatic rings. The van der Waals surface area contributed by atoms with Crippen LogP contribution in [0.5, 0.6) is 0 Å². The molecule has 0 amide bonds. The molecule has 1 aliphatic heterocycles. The molecule has 1 heterocycles. The van der Waals surface area contributed by atoms with Crippen molar-refractivity contribution in [2.75, 3.05) is 5.75 Å². The zero-order chi connectivity index (χ0) is 12.8. The zero-order valence-electron chi connectivity index (χ0n) is 12.0. The summed E-state index contributed by atoms with van der Waals surface area (Å²) in [5, 5.41) is 4.94. The van der Waals surface area contributed by atoms with Gasteiger partial charge >= 0.3 is 0 Å². The van der Waals surface area contributed by atoms with E-state index in [4.69, 9.17) is 4.99 Å². The lowest BCUT2D eigenvalue weighted by molar-refractivity contribution is 0.265. The molecule has 2 atom stereocenters. The highest BCUT2D eigenvalue weighted by Gasteiger charge is 2.42. The fourth-order valence-corrected chi connectivity index (χ4v) is 4.92. The molecule has 2 saturated carbocycles. The molecule has 0 bridgehead atoms. The SMILES string of the molecule is CC1CCCC2(CSC(NC(C)(C)C3CC3)=N2)C1. The van der Waals surface area contributed by atoms with Gasteiger partial charge in [0.1, 0.15) is 0 Å². The van der Waals surface area contributed by atoms with Crippen LogP contribution >= 0.6 is 11.8 Å². The molecule has 3 heteroatoms. The van der Waals surface area contributed by atoms with Crippen molar-refractivity contribution in [1.29, 1.82) is 0 Å². The van der Waals surface area contributed by atoms with Crippen molar-refractivity contribution in [3.05, 3.63) is 0 Å². The standard InChI is InChI=1S/C15H26N2S/c1-11-5-4-8-15(9-11)10-18-13(17-15)16-14(2,3)12-6-7-12/h11-12H,4-10H2,1-3H3,(H,16,17). The number of thioether (sulfide) groups is 1. The van der Waals surface area contributed by atoms with E-state index >= 15 is 0 Å². The number of aliphatic imine (C=N–C) groups is 1. The van der Waals surface area contributed by atoms with E-state index in [0.29, 0.717) is 0 Å². The Labute approximate surface area is 115 Å². The molecule has 2 unspecified atom stereocenters. The van der Waals surface area contributed by atoms with Crippen molar-refractivity contribution in [1.82, 2.24) is 5.32 Å². The Morgan fingerprint density at radius 3 is 2.78 bits per heavy atom. The number of hydrogen-bond donors (Lipinski definition) is 1. The topological polar surface area (TPSA) is 24.4 Å². The summed E-state index contributed by atoms with van der Waals surface area (Å²) in [6.45, 7) is 7.06. The minimum Gasteiger partial charge on any atom is -0.360 e. The predicted molar refractivity (Wildman–Crippen MR) is 80.2 cm³/mol. The summed E-state index contributed by atoms with van der Waals surface area (Å²) in [6, 6.07) is 0. The molecule has 0 aromatic carbocycles. The lowest BCUT2D eigenvalue weighted by Gasteiger charge is -2.33. The summed E-state index contributed by atoms with van der Waals surface area (Å²) >= 11 is 1.96. The van der Waals surface area contributed by atoms with E-state index in [2.05, 4.69) is 26.1 Å². The Morgan fingerprint density at radius 1 is 1.33 bits per heavy atom. The van der Waals surface area contributed by atoms with Gasteiger partial charge in [0.25, 0.3) is 0 Å². The van der Waals surface area contributed by atoms with Gasteiger partial charge in [0.15, 0.2) is 5.17 Å². The van der Waals surface area contributed by atoms with Crippen LogP contribution in [0.3, 0.4) is 0 Å². The molecule has 0 aromatic rings. The molecule has 0 radical (unpaired) electrons. The molecule has 1 N–H and O–H groups in total. The maximum Gasteiger partial charge on any atom is 0.157 e. The number of rotatable bonds is 2. The van der Waals surface area contributed by atoms with Gasteiger partial charge in [-0.05, 0) is 51.4 Å². The molecule has 0 aromatic heterocycles. The highest BCUT2D eigenvalue weighted by atomic mass is 32.2. The minimum atomic E-state index is 0.248. The summed E-state index contributed by atoms with van der Waals surface area (Å²) in [5.41, 5.74) is 0.530. The highest BCUT2D eigenvalue weighted by Crippen LogP contribution is 2.43. The molecule has 2 nitrogen and oxygen atoms in total. The summed E-state index contributed by atoms with van der Waals surface area (Å²) in [7, 11) is 0. The Kier molecular flexibility index (Phi) is 3.16. The van der Waals surface area contributed by atoms with Crippen LogP contribution in [0.15, 0.2) is 4.99 Å². The lowest BCUT2D eigenvalue weighted by atomic mass is 9.78. The van der Waals surface area contributed by atoms with Gasteiger partial charge in [-0.3, -0.25) is 4.99 Å². The number of amidine groups is 1. The van der Waals surface area contributed by atoms with Crippen LogP contribution in [0.2, 0.25) is 0 Å². The molecule has 18 heavy (non-hydrogen) atoms. The largest absolute Gasteiger partial charge is 0.360 e. The maximum atomic E-state index is 5.09. The van der Waals surface area contributed by atoms with Gasteiger partial charge < -0.3 is 5.32 Å². The minimum absolute atomic E-state index is 0.248. The first-order valence-corrected chi connectivity index (χ1v) is 8.49. The Balaban J connectivity index is 1.67. The summed E-state index contributed by atoms with van der Waals surface area (Å²) in [5.74, 6) is 2.93. The summed E-state index contributed by atoms with van der Waals surface area (Å²) in [6.07, 6.45) is 8.15. The molecule has 2 fully saturated rings. The van der Waals surface area contributed by atoms with Gasteiger partial charge in [0.2, 0.25) is 0 Å². The van der Waals surface area contributed by atoms with Crippen LogP contribution in [0, 0.1) is 11.8 Å². The van der Waals surface area contributed by atoms with Crippen LogP contribution in [-0.2, 0) is 0 Å². The van der Waals surface area contributed by atoms with Crippen LogP contribution in [0.4, 0.5) is 0 Å². The fraction of sp³-hybridized carbons (Fsp3) is 0.933. The van der Waals surface area contributed by atoms with Gasteiger partial charge in [-0.15, -0.1) is 0 Å². The smallest absolute Gasteiger partial charge is 0.157 e. The van der Waals surface area contributed by atoms with Crippen LogP contribution < -0.4 is 5.32 Å². The van der Waals surface area contributed by atoms with E-state index in [-0.39, 0.29) is 11.1 Å². The average molecular weight is 266 g/mol. The van der Waals surface area contributed by atoms with E-state index in [1.807, 2.05) is 11.8 Å². The number of nitrogens with one attached hydrogen (secondary N) is 1. The van der Waals surface area contributed by atoms with Crippen molar-refractivity contribution < 1.29 is 0 Å². The van der Waals surface area contributed by atoms with E-state index < -0.39 is 0 Å². The van der Waals surface area contributed by atoms with Crippen molar-refractivity contribution in [3.63, 3.8) is 0 Å². The Hall–Kier alpha value is -0.180. The number of nitrogens with zero attached hydrogens (tertiary/aromatic N) is 1. The quantitative estimate of drug-likeness (QED) is 0.822. The zero-order valence-corrected chi connectivity index (χ0v) is 12.8. The molecular weight excluding hydrogens is 240 g/mol. The average Bonchev–Trinajstić information content (AvgIpc) is 3.06. The second-order valence-electron chi connectivity index (χ2n) is 7.25. The van der Waals surface area contributed by atoms with Gasteiger partial charge in [0.05, 0.1) is 5.54 Å². The second-order valence-corrected chi connectivity index (χ2v) is 8.22. The Bertz CT molecular complexity index is 360. The first kappa shape index (κ1) is 12.8. The predicted octanol–water partition coefficient (Wildman–Crippen LogP) is 3.82. The monoisotopic (exact) mass is 266 g/mol. The summed E-state index contributed by atoms with van der Waals surface area (Å²) < 4.78 is 0. The van der Waals surface area contributed by atoms with Crippen molar-refractivity contribution in [3.8, 4) is 0 Å². The van der Waals surface area contributed by atoms with Crippen LogP contribution in [-0.4, -0.2) is 22.0 Å². The van der Waals surface area contributed by atoms with E-state index in [1.165, 1.54) is 49.4 Å². The number of hydrogen-bond acceptors (Lipinski definition) is 3. The third-order valence-electron chi connectivity index (χ3n) is 4.91. The van der Waals surface area contributed by atoms with Crippen molar-refractivity contribution in [2.24, 2.45) is 16.8 Å². The fourth-order valence-electron chi connectivity index (χ4n) is 3.59. The lowest BCUT2D eigenvalue weighted by Crippen LogP contribution is -2.44. The van der Waals surface area contributed by atoms with Crippen molar-refractivity contribution >= 4 is 16.9 Å². The first-order chi connectivity index (χ1) is 8.49. The maximum absolute atomic E-state index is 5.09. The third kappa shape index (κ3) is 2.56. The third-order valence-corrected chi connectivity index (χ3v) is 6.06. The molecule has 1 spiro atoms. The van der Waals surface area contributed by atoms with Crippen LogP contribution in [0.1, 0.15) is 59.3 Å². The molecule has 0 saturated heterocycles. The molecule has 2 aliphatic carbocycles. The van der Waals surface area contributed by atoms with E-state index in [9.17, 15) is 0 Å². The van der Waals surface area contributed by atoms with E-state index in [0.717, 1.165) is 11.8 Å². The van der Waals surface area contributed by atoms with Gasteiger partial charge in [0, 0.05) is 11.3 Å². The van der Waals surface area contributed by atoms with Gasteiger partial charge in [-0.2, -0.15) is 0 Å². The first-order valence-electron chi connectivity index (χ1n) is 7.50. The normalized spacial score (nSPS) is 36.8. The Morgan fingerprint density at radius 2 is 2.11 bits per heavy atom. The van der Waals surface area contributed by atoms with Crippen molar-refractivity contribution in [2.45, 2.75) is 70.4 Å². The second kappa shape index (κ2) is 4.43. The molecular formula is C15H26N2S. The highest BCUT2D eigenvalue weighted by molar-refractivity contribution is 8.14.